The van der Waals surface area contributed by atoms with Crippen LogP contribution in [0.5, 0.6) is 11.5 Å². The Kier molecular flexibility index (Phi) is 6.61. The fraction of sp³-hybridized carbons (Fsp3) is 0.250. The third kappa shape index (κ3) is 7.27. The second-order valence-electron chi connectivity index (χ2n) is 5.32. The first kappa shape index (κ1) is 19.5. The molecule has 0 spiro atoms. The molecule has 2 aromatic carbocycles. The van der Waals surface area contributed by atoms with E-state index in [1.54, 1.807) is 67.6 Å². The molecule has 0 radical (unpaired) electrons. The highest BCUT2D eigenvalue weighted by Gasteiger charge is 2.31. The van der Waals surface area contributed by atoms with Gasteiger partial charge in [0.1, 0.15) is 11.5 Å². The van der Waals surface area contributed by atoms with Gasteiger partial charge < -0.3 is 9.05 Å². The second kappa shape index (κ2) is 8.49. The Labute approximate surface area is 147 Å². The van der Waals surface area contributed by atoms with Gasteiger partial charge in [-0.3, -0.25) is 4.18 Å². The van der Waals surface area contributed by atoms with Crippen molar-refractivity contribution in [2.75, 3.05) is 12.9 Å². The fourth-order valence-corrected chi connectivity index (χ4v) is 3.85. The van der Waals surface area contributed by atoms with Gasteiger partial charge in [-0.1, -0.05) is 36.4 Å². The molecule has 0 aliphatic carbocycles. The largest absolute Gasteiger partial charge is 0.513 e. The van der Waals surface area contributed by atoms with Crippen LogP contribution in [0.25, 0.3) is 0 Å². The first-order valence-corrected chi connectivity index (χ1v) is 10.8. The van der Waals surface area contributed by atoms with Crippen LogP contribution in [-0.2, 0) is 18.9 Å². The number of para-hydroxylation sites is 2. The summed E-state index contributed by atoms with van der Waals surface area (Å²) in [5.74, 6) is 0.705. The maximum atomic E-state index is 13.1. The van der Waals surface area contributed by atoms with E-state index in [2.05, 4.69) is 5.09 Å². The molecule has 0 aliphatic rings. The lowest BCUT2D eigenvalue weighted by Crippen LogP contribution is -2.32. The molecular weight excluding hydrogens is 365 g/mol. The first-order valence-electron chi connectivity index (χ1n) is 7.47. The third-order valence-electron chi connectivity index (χ3n) is 2.85. The average molecular weight is 385 g/mol. The summed E-state index contributed by atoms with van der Waals surface area (Å²) >= 11 is 0. The zero-order valence-corrected chi connectivity index (χ0v) is 15.6. The molecule has 136 valence electrons. The highest BCUT2D eigenvalue weighted by molar-refractivity contribution is 7.85. The number of benzene rings is 2. The molecular formula is C16H20NO6PS. The number of nitrogens with one attached hydrogen (secondary N) is 1. The predicted molar refractivity (Wildman–Crippen MR) is 95.1 cm³/mol. The molecule has 7 nitrogen and oxygen atoms in total. The molecule has 0 unspecified atom stereocenters. The van der Waals surface area contributed by atoms with Gasteiger partial charge in [-0.2, -0.15) is 13.5 Å². The van der Waals surface area contributed by atoms with Gasteiger partial charge in [0.2, 0.25) is 0 Å². The van der Waals surface area contributed by atoms with Crippen LogP contribution in [0.2, 0.25) is 0 Å². The van der Waals surface area contributed by atoms with Gasteiger partial charge in [0.15, 0.2) is 0 Å². The Morgan fingerprint density at radius 2 is 1.40 bits per heavy atom. The monoisotopic (exact) mass is 385 g/mol. The summed E-state index contributed by atoms with van der Waals surface area (Å²) in [5, 5.41) is 2.68. The quantitative estimate of drug-likeness (QED) is 0.523. The Bertz CT molecular complexity index is 768. The van der Waals surface area contributed by atoms with Crippen LogP contribution >= 0.6 is 7.75 Å². The summed E-state index contributed by atoms with van der Waals surface area (Å²) in [5.41, 5.74) is 0. The highest BCUT2D eigenvalue weighted by atomic mass is 32.2. The first-order chi connectivity index (χ1) is 11.8. The van der Waals surface area contributed by atoms with E-state index in [0.717, 1.165) is 6.26 Å². The summed E-state index contributed by atoms with van der Waals surface area (Å²) in [6.07, 6.45) is 0.945. The van der Waals surface area contributed by atoms with Gasteiger partial charge in [-0.15, -0.1) is 0 Å². The third-order valence-corrected chi connectivity index (χ3v) is 5.07. The molecule has 1 atom stereocenters. The summed E-state index contributed by atoms with van der Waals surface area (Å²) in [4.78, 5) is 0. The Morgan fingerprint density at radius 3 is 1.80 bits per heavy atom. The van der Waals surface area contributed by atoms with Gasteiger partial charge in [-0.05, 0) is 31.2 Å². The lowest BCUT2D eigenvalue weighted by Gasteiger charge is -2.23. The average Bonchev–Trinajstić information content (AvgIpc) is 2.54. The molecule has 0 heterocycles. The molecule has 1 N–H and O–H groups in total. The number of rotatable bonds is 9. The predicted octanol–water partition coefficient (Wildman–Crippen LogP) is 3.21. The molecule has 0 saturated carbocycles. The van der Waals surface area contributed by atoms with Crippen molar-refractivity contribution in [3.05, 3.63) is 60.7 Å². The van der Waals surface area contributed by atoms with Crippen molar-refractivity contribution in [2.45, 2.75) is 13.0 Å². The van der Waals surface area contributed by atoms with E-state index in [-0.39, 0.29) is 6.61 Å². The lowest BCUT2D eigenvalue weighted by atomic mass is 10.3. The van der Waals surface area contributed by atoms with Crippen molar-refractivity contribution >= 4 is 17.9 Å². The van der Waals surface area contributed by atoms with Crippen LogP contribution in [0, 0.1) is 0 Å². The molecule has 0 aromatic heterocycles. The second-order valence-corrected chi connectivity index (χ2v) is 8.59. The molecule has 0 amide bonds. The number of hydrogen-bond acceptors (Lipinski definition) is 6. The van der Waals surface area contributed by atoms with Crippen LogP contribution in [0.1, 0.15) is 6.92 Å². The van der Waals surface area contributed by atoms with Crippen LogP contribution in [0.15, 0.2) is 60.7 Å². The fourth-order valence-electron chi connectivity index (χ4n) is 1.84. The smallest absolute Gasteiger partial charge is 0.405 e. The number of hydrogen-bond donors (Lipinski definition) is 1. The van der Waals surface area contributed by atoms with E-state index in [4.69, 9.17) is 13.2 Å². The van der Waals surface area contributed by atoms with Gasteiger partial charge >= 0.3 is 7.75 Å². The van der Waals surface area contributed by atoms with Gasteiger partial charge in [0, 0.05) is 6.04 Å². The SMILES string of the molecule is C[C@H](COS(C)(=O)=O)NP(=O)(Oc1ccccc1)Oc1ccccc1. The molecule has 2 rings (SSSR count). The molecule has 25 heavy (non-hydrogen) atoms. The van der Waals surface area contributed by atoms with Crippen molar-refractivity contribution in [3.63, 3.8) is 0 Å². The molecule has 0 saturated heterocycles. The zero-order chi connectivity index (χ0) is 18.3. The minimum atomic E-state index is -3.83. The molecule has 2 aromatic rings. The van der Waals surface area contributed by atoms with Crippen molar-refractivity contribution in [1.82, 2.24) is 5.09 Å². The van der Waals surface area contributed by atoms with Crippen molar-refractivity contribution in [3.8, 4) is 11.5 Å². The van der Waals surface area contributed by atoms with E-state index in [9.17, 15) is 13.0 Å². The van der Waals surface area contributed by atoms with Gasteiger partial charge in [0.05, 0.1) is 12.9 Å². The van der Waals surface area contributed by atoms with Crippen LogP contribution in [0.3, 0.4) is 0 Å². The van der Waals surface area contributed by atoms with Gasteiger partial charge in [-0.25, -0.2) is 4.57 Å². The minimum Gasteiger partial charge on any atom is -0.405 e. The van der Waals surface area contributed by atoms with E-state index >= 15 is 0 Å². The maximum absolute atomic E-state index is 13.1. The van der Waals surface area contributed by atoms with Crippen molar-refractivity contribution in [2.24, 2.45) is 0 Å². The minimum absolute atomic E-state index is 0.209. The van der Waals surface area contributed by atoms with Crippen LogP contribution < -0.4 is 14.1 Å². The molecule has 0 aliphatic heterocycles. The van der Waals surface area contributed by atoms with Crippen LogP contribution in [0.4, 0.5) is 0 Å². The molecule has 0 fully saturated rings. The van der Waals surface area contributed by atoms with E-state index in [0.29, 0.717) is 11.5 Å². The van der Waals surface area contributed by atoms with Crippen molar-refractivity contribution in [1.29, 1.82) is 0 Å². The van der Waals surface area contributed by atoms with E-state index < -0.39 is 23.9 Å². The molecule has 0 bridgehead atoms. The summed E-state index contributed by atoms with van der Waals surface area (Å²) in [6, 6.07) is 16.5. The Balaban J connectivity index is 2.14. The summed E-state index contributed by atoms with van der Waals surface area (Å²) in [7, 11) is -7.43. The van der Waals surface area contributed by atoms with Crippen LogP contribution in [-0.4, -0.2) is 27.3 Å². The Morgan fingerprint density at radius 1 is 0.960 bits per heavy atom. The van der Waals surface area contributed by atoms with Gasteiger partial charge in [0.25, 0.3) is 10.1 Å². The van der Waals surface area contributed by atoms with E-state index in [1.165, 1.54) is 0 Å². The zero-order valence-electron chi connectivity index (χ0n) is 13.9. The van der Waals surface area contributed by atoms with E-state index in [1.807, 2.05) is 0 Å². The Hall–Kier alpha value is -1.86. The maximum Gasteiger partial charge on any atom is 0.513 e. The summed E-state index contributed by atoms with van der Waals surface area (Å²) in [6.45, 7) is 1.40. The summed E-state index contributed by atoms with van der Waals surface area (Å²) < 4.78 is 51.1. The lowest BCUT2D eigenvalue weighted by molar-refractivity contribution is 0.280. The normalized spacial score (nSPS) is 13.2. The highest BCUT2D eigenvalue weighted by Crippen LogP contribution is 2.45. The standard InChI is InChI=1S/C16H20NO6PS/c1-14(13-21-25(2,19)20)17-24(18,22-15-9-5-3-6-10-15)23-16-11-7-4-8-12-16/h3-12,14H,13H2,1-2H3,(H,17,18)/t14-/m1/s1. The topological polar surface area (TPSA) is 90.9 Å². The van der Waals surface area contributed by atoms with Crippen molar-refractivity contribution < 1.29 is 26.2 Å². The molecule has 9 heteroatoms.